The second-order valence-corrected chi connectivity index (χ2v) is 9.68. The van der Waals surface area contributed by atoms with E-state index < -0.39 is 5.92 Å². The highest BCUT2D eigenvalue weighted by atomic mass is 32.1. The van der Waals surface area contributed by atoms with Gasteiger partial charge in [0.25, 0.3) is 5.92 Å². The van der Waals surface area contributed by atoms with E-state index in [1.54, 1.807) is 0 Å². The van der Waals surface area contributed by atoms with Gasteiger partial charge in [0.2, 0.25) is 5.91 Å². The number of hydrogen-bond acceptors (Lipinski definition) is 5. The molecule has 4 rings (SSSR count). The molecule has 2 aliphatic carbocycles. The van der Waals surface area contributed by atoms with Gasteiger partial charge in [0.15, 0.2) is 0 Å². The van der Waals surface area contributed by atoms with Gasteiger partial charge in [0, 0.05) is 46.2 Å². The number of aromatic nitrogens is 1. The van der Waals surface area contributed by atoms with Gasteiger partial charge in [-0.1, -0.05) is 12.8 Å². The van der Waals surface area contributed by atoms with Crippen molar-refractivity contribution in [2.24, 2.45) is 11.8 Å². The fraction of sp³-hybridized carbons (Fsp3) is 0.550. The molecule has 2 heterocycles. The number of hydrogen-bond donors (Lipinski definition) is 1. The Morgan fingerprint density at radius 1 is 1.36 bits per heavy atom. The maximum atomic E-state index is 13.9. The van der Waals surface area contributed by atoms with Crippen molar-refractivity contribution in [3.63, 3.8) is 0 Å². The van der Waals surface area contributed by atoms with Gasteiger partial charge in [-0.15, -0.1) is 22.7 Å². The summed E-state index contributed by atoms with van der Waals surface area (Å²) in [6.07, 6.45) is 3.99. The number of thiophene rings is 1. The van der Waals surface area contributed by atoms with Crippen molar-refractivity contribution in [3.05, 3.63) is 21.5 Å². The maximum Gasteiger partial charge on any atom is 0.253 e. The van der Waals surface area contributed by atoms with Gasteiger partial charge in [-0.2, -0.15) is 0 Å². The number of thiazole rings is 1. The van der Waals surface area contributed by atoms with E-state index in [9.17, 15) is 18.4 Å². The number of alkyl halides is 2. The number of rotatable bonds is 4. The van der Waals surface area contributed by atoms with Gasteiger partial charge in [-0.25, -0.2) is 13.8 Å². The number of carbonyl (C=O) groups excluding carboxylic acids is 2. The standard InChI is InChI=1S/C20H22F2N2O2S2/c1-11-10-27-18(23-11)16-14-6-7-20(21,22)8-15(14)28-19(16)24-17(26)13-5-3-2-4-12(13)9-25/h9-10,12-13H,2-8H2,1H3,(H,24,26). The third-order valence-corrected chi connectivity index (χ3v) is 7.78. The van der Waals surface area contributed by atoms with Gasteiger partial charge in [0.1, 0.15) is 16.3 Å². The number of aryl methyl sites for hydroxylation is 1. The number of nitrogens with zero attached hydrogens (tertiary/aromatic N) is 1. The second kappa shape index (κ2) is 7.63. The van der Waals surface area contributed by atoms with Crippen LogP contribution in [-0.2, 0) is 22.4 Å². The van der Waals surface area contributed by atoms with Gasteiger partial charge < -0.3 is 10.1 Å². The first-order chi connectivity index (χ1) is 13.4. The molecule has 2 unspecified atom stereocenters. The highest BCUT2D eigenvalue weighted by Gasteiger charge is 2.39. The van der Waals surface area contributed by atoms with Gasteiger partial charge in [0.05, 0.1) is 0 Å². The highest BCUT2D eigenvalue weighted by Crippen LogP contribution is 2.48. The van der Waals surface area contributed by atoms with E-state index in [-0.39, 0.29) is 37.0 Å². The van der Waals surface area contributed by atoms with Crippen LogP contribution < -0.4 is 5.32 Å². The average Bonchev–Trinajstić information content (AvgIpc) is 3.23. The number of amides is 1. The number of nitrogens with one attached hydrogen (secondary N) is 1. The van der Waals surface area contributed by atoms with E-state index in [1.807, 2.05) is 12.3 Å². The molecule has 28 heavy (non-hydrogen) atoms. The topological polar surface area (TPSA) is 59.1 Å². The summed E-state index contributed by atoms with van der Waals surface area (Å²) in [5.41, 5.74) is 2.54. The first-order valence-corrected chi connectivity index (χ1v) is 11.3. The molecule has 1 N–H and O–H groups in total. The molecule has 2 aliphatic rings. The Morgan fingerprint density at radius 3 is 2.86 bits per heavy atom. The van der Waals surface area contributed by atoms with E-state index >= 15 is 0 Å². The minimum atomic E-state index is -2.71. The Balaban J connectivity index is 1.69. The summed E-state index contributed by atoms with van der Waals surface area (Å²) < 4.78 is 27.9. The SMILES string of the molecule is Cc1csc(-c2c(NC(=O)C3CCCCC3C=O)sc3c2CCC(F)(F)C3)n1. The zero-order chi connectivity index (χ0) is 19.9. The Bertz CT molecular complexity index is 906. The van der Waals surface area contributed by atoms with Crippen molar-refractivity contribution in [2.45, 2.75) is 57.8 Å². The number of aldehydes is 1. The summed E-state index contributed by atoms with van der Waals surface area (Å²) in [4.78, 5) is 29.5. The minimum absolute atomic E-state index is 0.183. The Labute approximate surface area is 170 Å². The fourth-order valence-electron chi connectivity index (χ4n) is 4.19. The van der Waals surface area contributed by atoms with E-state index in [0.717, 1.165) is 47.4 Å². The molecule has 150 valence electrons. The summed E-state index contributed by atoms with van der Waals surface area (Å²) in [6.45, 7) is 1.89. The van der Waals surface area contributed by atoms with Gasteiger partial charge in [-0.3, -0.25) is 4.79 Å². The van der Waals surface area contributed by atoms with Crippen LogP contribution >= 0.6 is 22.7 Å². The molecule has 0 spiro atoms. The largest absolute Gasteiger partial charge is 0.317 e. The van der Waals surface area contributed by atoms with E-state index in [0.29, 0.717) is 16.3 Å². The zero-order valence-electron chi connectivity index (χ0n) is 15.6. The third-order valence-electron chi connectivity index (χ3n) is 5.65. The predicted molar refractivity (Wildman–Crippen MR) is 107 cm³/mol. The number of halogens is 2. The van der Waals surface area contributed by atoms with Crippen molar-refractivity contribution in [2.75, 3.05) is 5.32 Å². The van der Waals surface area contributed by atoms with Gasteiger partial charge in [-0.05, 0) is 31.7 Å². The van der Waals surface area contributed by atoms with Crippen LogP contribution in [0.3, 0.4) is 0 Å². The van der Waals surface area contributed by atoms with E-state index in [1.165, 1.54) is 22.7 Å². The Morgan fingerprint density at radius 2 is 2.14 bits per heavy atom. The Hall–Kier alpha value is -1.67. The summed E-state index contributed by atoms with van der Waals surface area (Å²) in [5, 5.41) is 6.25. The van der Waals surface area contributed by atoms with Crippen molar-refractivity contribution >= 4 is 39.9 Å². The quantitative estimate of drug-likeness (QED) is 0.682. The molecule has 0 bridgehead atoms. The Kier molecular flexibility index (Phi) is 5.35. The molecular formula is C20H22F2N2O2S2. The van der Waals surface area contributed by atoms with Gasteiger partial charge >= 0.3 is 0 Å². The predicted octanol–water partition coefficient (Wildman–Crippen LogP) is 5.25. The molecule has 1 amide bonds. The molecule has 2 atom stereocenters. The van der Waals surface area contributed by atoms with E-state index in [2.05, 4.69) is 10.3 Å². The lowest BCUT2D eigenvalue weighted by Crippen LogP contribution is -2.32. The normalized spacial score (nSPS) is 23.8. The lowest BCUT2D eigenvalue weighted by Gasteiger charge is -2.26. The van der Waals surface area contributed by atoms with Crippen molar-refractivity contribution in [1.82, 2.24) is 4.98 Å². The fourth-order valence-corrected chi connectivity index (χ4v) is 6.46. The summed E-state index contributed by atoms with van der Waals surface area (Å²) in [7, 11) is 0. The molecule has 1 fully saturated rings. The van der Waals surface area contributed by atoms with Crippen LogP contribution in [0.25, 0.3) is 10.6 Å². The molecule has 1 saturated carbocycles. The first-order valence-electron chi connectivity index (χ1n) is 9.59. The molecular weight excluding hydrogens is 402 g/mol. The number of carbonyl (C=O) groups is 2. The lowest BCUT2D eigenvalue weighted by molar-refractivity contribution is -0.126. The highest BCUT2D eigenvalue weighted by molar-refractivity contribution is 7.18. The molecule has 0 saturated heterocycles. The smallest absolute Gasteiger partial charge is 0.253 e. The number of anilines is 1. The molecule has 0 aliphatic heterocycles. The van der Waals surface area contributed by atoms with Crippen LogP contribution in [-0.4, -0.2) is 23.1 Å². The zero-order valence-corrected chi connectivity index (χ0v) is 17.2. The van der Waals surface area contributed by atoms with Crippen molar-refractivity contribution < 1.29 is 18.4 Å². The molecule has 8 heteroatoms. The van der Waals surface area contributed by atoms with Crippen LogP contribution in [0.15, 0.2) is 5.38 Å². The van der Waals surface area contributed by atoms with Crippen molar-refractivity contribution in [1.29, 1.82) is 0 Å². The van der Waals surface area contributed by atoms with Crippen LogP contribution in [0.2, 0.25) is 0 Å². The van der Waals surface area contributed by atoms with Crippen LogP contribution in [0.5, 0.6) is 0 Å². The third kappa shape index (κ3) is 3.76. The maximum absolute atomic E-state index is 13.9. The molecule has 0 radical (unpaired) electrons. The minimum Gasteiger partial charge on any atom is -0.317 e. The summed E-state index contributed by atoms with van der Waals surface area (Å²) in [6, 6.07) is 0. The molecule has 2 aromatic heterocycles. The molecule has 2 aromatic rings. The van der Waals surface area contributed by atoms with Crippen molar-refractivity contribution in [3.8, 4) is 10.6 Å². The monoisotopic (exact) mass is 424 g/mol. The first kappa shape index (κ1) is 19.6. The van der Waals surface area contributed by atoms with Crippen LogP contribution in [0, 0.1) is 18.8 Å². The number of fused-ring (bicyclic) bond motifs is 1. The molecule has 4 nitrogen and oxygen atoms in total. The lowest BCUT2D eigenvalue weighted by atomic mass is 9.79. The molecule has 0 aromatic carbocycles. The second-order valence-electron chi connectivity index (χ2n) is 7.71. The summed E-state index contributed by atoms with van der Waals surface area (Å²) in [5.74, 6) is -3.51. The average molecular weight is 425 g/mol. The van der Waals surface area contributed by atoms with Crippen LogP contribution in [0.1, 0.15) is 48.2 Å². The van der Waals surface area contributed by atoms with Crippen LogP contribution in [0.4, 0.5) is 13.8 Å². The summed E-state index contributed by atoms with van der Waals surface area (Å²) >= 11 is 2.70. The van der Waals surface area contributed by atoms with E-state index in [4.69, 9.17) is 0 Å².